The van der Waals surface area contributed by atoms with E-state index in [1.165, 1.54) is 23.5 Å². The van der Waals surface area contributed by atoms with E-state index in [4.69, 9.17) is 23.2 Å². The van der Waals surface area contributed by atoms with Crippen LogP contribution in [-0.2, 0) is 0 Å². The first-order chi connectivity index (χ1) is 7.99. The smallest absolute Gasteiger partial charge is 0.124 e. The minimum Gasteiger partial charge on any atom is -0.207 e. The maximum atomic E-state index is 12.9. The lowest BCUT2D eigenvalue weighted by atomic mass is 10.1. The summed E-state index contributed by atoms with van der Waals surface area (Å²) in [6.45, 7) is 0. The number of halogens is 5. The van der Waals surface area contributed by atoms with Gasteiger partial charge in [0.05, 0.1) is 9.16 Å². The first-order valence-electron chi connectivity index (χ1n) is 4.53. The maximum Gasteiger partial charge on any atom is 0.124 e. The summed E-state index contributed by atoms with van der Waals surface area (Å²) in [5.41, 5.74) is 0.705. The van der Waals surface area contributed by atoms with Gasteiger partial charge < -0.3 is 0 Å². The lowest BCUT2D eigenvalue weighted by molar-refractivity contribution is 0.627. The van der Waals surface area contributed by atoms with Crippen LogP contribution in [-0.4, -0.2) is 0 Å². The predicted molar refractivity (Wildman–Crippen MR) is 78.8 cm³/mol. The minimum absolute atomic E-state index is 0.339. The van der Waals surface area contributed by atoms with Crippen LogP contribution in [0.3, 0.4) is 0 Å². The van der Waals surface area contributed by atoms with Crippen molar-refractivity contribution >= 4 is 66.4 Å². The maximum absolute atomic E-state index is 12.9. The van der Waals surface area contributed by atoms with Gasteiger partial charge in [0.15, 0.2) is 0 Å². The molecule has 1 heterocycles. The summed E-state index contributed by atoms with van der Waals surface area (Å²) in [7, 11) is 0. The van der Waals surface area contributed by atoms with Gasteiger partial charge in [0.25, 0.3) is 0 Å². The van der Waals surface area contributed by atoms with Crippen molar-refractivity contribution in [3.63, 3.8) is 0 Å². The molecule has 0 saturated carbocycles. The molecule has 0 amide bonds. The highest BCUT2D eigenvalue weighted by Crippen LogP contribution is 2.42. The molecule has 0 aliphatic carbocycles. The normalized spacial score (nSPS) is 12.8. The summed E-state index contributed by atoms with van der Waals surface area (Å²) < 4.78 is 14.9. The summed E-state index contributed by atoms with van der Waals surface area (Å²) >= 11 is 20.6. The second kappa shape index (κ2) is 5.57. The van der Waals surface area contributed by atoms with Crippen LogP contribution in [0.4, 0.5) is 4.39 Å². The molecule has 2 aromatic rings. The molecule has 1 aromatic heterocycles. The van der Waals surface area contributed by atoms with Gasteiger partial charge in [-0.05, 0) is 55.6 Å². The second-order valence-corrected chi connectivity index (χ2v) is 7.40. The molecule has 0 N–H and O–H groups in total. The monoisotopic (exact) mass is 416 g/mol. The molecule has 1 atom stereocenters. The van der Waals surface area contributed by atoms with Crippen molar-refractivity contribution in [1.29, 1.82) is 0 Å². The van der Waals surface area contributed by atoms with Gasteiger partial charge in [0, 0.05) is 14.4 Å². The van der Waals surface area contributed by atoms with E-state index in [0.717, 1.165) is 13.1 Å². The minimum atomic E-state index is -0.379. The number of hydrogen-bond acceptors (Lipinski definition) is 1. The largest absolute Gasteiger partial charge is 0.207 e. The summed E-state index contributed by atoms with van der Waals surface area (Å²) in [5.74, 6) is -0.365. The second-order valence-electron chi connectivity index (χ2n) is 3.30. The topological polar surface area (TPSA) is 0 Å². The first kappa shape index (κ1) is 13.8. The molecule has 0 nitrogen and oxygen atoms in total. The quantitative estimate of drug-likeness (QED) is 0.495. The van der Waals surface area contributed by atoms with Crippen molar-refractivity contribution in [2.45, 2.75) is 5.38 Å². The zero-order valence-electron chi connectivity index (χ0n) is 8.18. The fraction of sp³-hybridized carbons (Fsp3) is 0.0909. The Bertz CT molecular complexity index is 537. The Morgan fingerprint density at radius 2 is 1.94 bits per heavy atom. The third kappa shape index (κ3) is 3.04. The molecule has 17 heavy (non-hydrogen) atoms. The molecule has 1 unspecified atom stereocenters. The van der Waals surface area contributed by atoms with Crippen LogP contribution in [0.15, 0.2) is 32.5 Å². The van der Waals surface area contributed by atoms with E-state index in [1.54, 1.807) is 6.07 Å². The Morgan fingerprint density at radius 1 is 1.24 bits per heavy atom. The van der Waals surface area contributed by atoms with Gasteiger partial charge >= 0.3 is 0 Å². The number of alkyl halides is 1. The average Bonchev–Trinajstić information content (AvgIpc) is 2.58. The predicted octanol–water partition coefficient (Wildman–Crippen LogP) is 6.39. The van der Waals surface area contributed by atoms with E-state index in [9.17, 15) is 4.39 Å². The van der Waals surface area contributed by atoms with E-state index in [1.807, 2.05) is 6.07 Å². The average molecular weight is 419 g/mol. The van der Waals surface area contributed by atoms with E-state index < -0.39 is 0 Å². The molecule has 90 valence electrons. The summed E-state index contributed by atoms with van der Waals surface area (Å²) in [4.78, 5) is 0.943. The zero-order valence-corrected chi connectivity index (χ0v) is 13.7. The number of thiophene rings is 1. The third-order valence-corrected chi connectivity index (χ3v) is 6.40. The van der Waals surface area contributed by atoms with E-state index >= 15 is 0 Å². The molecule has 0 bridgehead atoms. The van der Waals surface area contributed by atoms with Crippen molar-refractivity contribution in [1.82, 2.24) is 0 Å². The molecular formula is C11H5Br2Cl2FS. The summed E-state index contributed by atoms with van der Waals surface area (Å²) in [5, 5.41) is -0.0404. The van der Waals surface area contributed by atoms with Gasteiger partial charge in [-0.1, -0.05) is 17.7 Å². The Morgan fingerprint density at radius 3 is 2.47 bits per heavy atom. The highest BCUT2D eigenvalue weighted by atomic mass is 79.9. The van der Waals surface area contributed by atoms with Crippen LogP contribution < -0.4 is 0 Å². The van der Waals surface area contributed by atoms with Crippen molar-refractivity contribution < 1.29 is 4.39 Å². The lowest BCUT2D eigenvalue weighted by Crippen LogP contribution is -1.92. The van der Waals surface area contributed by atoms with Gasteiger partial charge in [-0.15, -0.1) is 22.9 Å². The van der Waals surface area contributed by atoms with Crippen LogP contribution in [0.5, 0.6) is 0 Å². The third-order valence-electron chi connectivity index (χ3n) is 2.15. The highest BCUT2D eigenvalue weighted by molar-refractivity contribution is 9.13. The fourth-order valence-electron chi connectivity index (χ4n) is 1.35. The van der Waals surface area contributed by atoms with Crippen molar-refractivity contribution in [3.8, 4) is 0 Å². The SMILES string of the molecule is Fc1ccc(C(Cl)c2cc(Br)c(Br)s2)c(Cl)c1. The Hall–Kier alpha value is 0.390. The molecule has 0 saturated heterocycles. The van der Waals surface area contributed by atoms with Crippen LogP contribution in [0, 0.1) is 5.82 Å². The zero-order chi connectivity index (χ0) is 12.6. The van der Waals surface area contributed by atoms with Gasteiger partial charge in [-0.3, -0.25) is 0 Å². The summed E-state index contributed by atoms with van der Waals surface area (Å²) in [6, 6.07) is 6.15. The molecule has 2 rings (SSSR count). The van der Waals surface area contributed by atoms with Crippen LogP contribution in [0.2, 0.25) is 5.02 Å². The molecule has 6 heteroatoms. The lowest BCUT2D eigenvalue weighted by Gasteiger charge is -2.09. The standard InChI is InChI=1S/C11H5Br2Cl2FS/c12-7-4-9(17-11(7)13)10(15)6-2-1-5(16)3-8(6)14/h1-4,10H. The van der Waals surface area contributed by atoms with E-state index in [-0.39, 0.29) is 11.2 Å². The molecule has 0 aliphatic rings. The Labute approximate surface area is 129 Å². The molecule has 0 aliphatic heterocycles. The van der Waals surface area contributed by atoms with Crippen molar-refractivity contribution in [2.75, 3.05) is 0 Å². The molecule has 0 radical (unpaired) electrons. The molecule has 0 fully saturated rings. The molecule has 1 aromatic carbocycles. The van der Waals surface area contributed by atoms with Crippen LogP contribution in [0.25, 0.3) is 0 Å². The number of hydrogen-bond donors (Lipinski definition) is 0. The summed E-state index contributed by atoms with van der Waals surface area (Å²) in [6.07, 6.45) is 0. The highest BCUT2D eigenvalue weighted by Gasteiger charge is 2.18. The van der Waals surface area contributed by atoms with E-state index in [0.29, 0.717) is 10.6 Å². The van der Waals surface area contributed by atoms with E-state index in [2.05, 4.69) is 31.9 Å². The van der Waals surface area contributed by atoms with Crippen LogP contribution >= 0.6 is 66.4 Å². The Kier molecular flexibility index (Phi) is 4.53. The molecule has 0 spiro atoms. The van der Waals surface area contributed by atoms with Gasteiger partial charge in [-0.2, -0.15) is 0 Å². The fourth-order valence-corrected chi connectivity index (χ4v) is 4.15. The van der Waals surface area contributed by atoms with Gasteiger partial charge in [-0.25, -0.2) is 4.39 Å². The Balaban J connectivity index is 2.39. The van der Waals surface area contributed by atoms with Gasteiger partial charge in [0.1, 0.15) is 5.82 Å². The van der Waals surface area contributed by atoms with Crippen molar-refractivity contribution in [2.24, 2.45) is 0 Å². The van der Waals surface area contributed by atoms with Crippen LogP contribution in [0.1, 0.15) is 15.8 Å². The van der Waals surface area contributed by atoms with Crippen molar-refractivity contribution in [3.05, 3.63) is 53.8 Å². The molecular weight excluding hydrogens is 414 g/mol. The van der Waals surface area contributed by atoms with Gasteiger partial charge in [0.2, 0.25) is 0 Å². The first-order valence-corrected chi connectivity index (χ1v) is 7.74. The number of rotatable bonds is 2. The number of benzene rings is 1.